The Kier molecular flexibility index (Phi) is 3.70. The summed E-state index contributed by atoms with van der Waals surface area (Å²) in [4.78, 5) is 0. The molecule has 1 N–H and O–H groups in total. The third kappa shape index (κ3) is 3.72. The molecule has 1 aromatic rings. The predicted molar refractivity (Wildman–Crippen MR) is 70.7 cm³/mol. The second kappa shape index (κ2) is 5.07. The van der Waals surface area contributed by atoms with Crippen LogP contribution in [-0.4, -0.2) is 6.04 Å². The monoisotopic (exact) mass is 235 g/mol. The highest BCUT2D eigenvalue weighted by molar-refractivity contribution is 5.43. The zero-order valence-electron chi connectivity index (χ0n) is 10.8. The molecular formula is C15H22FN. The molecule has 0 amide bonds. The van der Waals surface area contributed by atoms with Crippen LogP contribution in [0.4, 0.5) is 10.1 Å². The van der Waals surface area contributed by atoms with Crippen LogP contribution in [0.2, 0.25) is 0 Å². The van der Waals surface area contributed by atoms with Gasteiger partial charge in [-0.2, -0.15) is 0 Å². The molecule has 0 aromatic heterocycles. The fraction of sp³-hybridized carbons (Fsp3) is 0.600. The summed E-state index contributed by atoms with van der Waals surface area (Å²) in [5.74, 6) is -0.163. The van der Waals surface area contributed by atoms with Crippen molar-refractivity contribution in [3.8, 4) is 0 Å². The van der Waals surface area contributed by atoms with Gasteiger partial charge in [-0.15, -0.1) is 0 Å². The number of benzene rings is 1. The maximum absolute atomic E-state index is 13.1. The van der Waals surface area contributed by atoms with Crippen molar-refractivity contribution in [2.45, 2.75) is 52.0 Å². The van der Waals surface area contributed by atoms with Gasteiger partial charge < -0.3 is 5.32 Å². The van der Waals surface area contributed by atoms with Crippen LogP contribution in [-0.2, 0) is 0 Å². The Morgan fingerprint density at radius 1 is 1.24 bits per heavy atom. The van der Waals surface area contributed by atoms with Gasteiger partial charge in [0.05, 0.1) is 0 Å². The van der Waals surface area contributed by atoms with Crippen molar-refractivity contribution in [3.63, 3.8) is 0 Å². The van der Waals surface area contributed by atoms with Gasteiger partial charge in [-0.1, -0.05) is 26.3 Å². The molecule has 1 saturated carbocycles. The fourth-order valence-electron chi connectivity index (χ4n) is 2.62. The normalized spacial score (nSPS) is 24.1. The first-order valence-corrected chi connectivity index (χ1v) is 6.57. The van der Waals surface area contributed by atoms with Crippen molar-refractivity contribution in [2.24, 2.45) is 5.41 Å². The molecule has 0 bridgehead atoms. The van der Waals surface area contributed by atoms with Crippen LogP contribution in [0.15, 0.2) is 24.3 Å². The Hall–Kier alpha value is -1.05. The number of hydrogen-bond donors (Lipinski definition) is 1. The Morgan fingerprint density at radius 2 is 2.06 bits per heavy atom. The minimum absolute atomic E-state index is 0.163. The zero-order chi connectivity index (χ0) is 12.3. The Labute approximate surface area is 103 Å². The van der Waals surface area contributed by atoms with E-state index in [1.165, 1.54) is 38.2 Å². The van der Waals surface area contributed by atoms with E-state index in [2.05, 4.69) is 19.2 Å². The second-order valence-electron chi connectivity index (χ2n) is 5.95. The topological polar surface area (TPSA) is 12.0 Å². The smallest absolute Gasteiger partial charge is 0.125 e. The molecular weight excluding hydrogens is 213 g/mol. The summed E-state index contributed by atoms with van der Waals surface area (Å²) in [6.07, 6.45) is 6.19. The van der Waals surface area contributed by atoms with E-state index < -0.39 is 0 Å². The molecule has 0 radical (unpaired) electrons. The summed E-state index contributed by atoms with van der Waals surface area (Å²) < 4.78 is 13.1. The molecule has 0 heterocycles. The van der Waals surface area contributed by atoms with E-state index in [9.17, 15) is 4.39 Å². The maximum atomic E-state index is 13.1. The van der Waals surface area contributed by atoms with Crippen LogP contribution in [0.5, 0.6) is 0 Å². The average molecular weight is 235 g/mol. The van der Waals surface area contributed by atoms with Crippen molar-refractivity contribution in [3.05, 3.63) is 30.1 Å². The summed E-state index contributed by atoms with van der Waals surface area (Å²) in [6, 6.07) is 7.27. The molecule has 1 aromatic carbocycles. The van der Waals surface area contributed by atoms with Crippen LogP contribution in [0, 0.1) is 11.2 Å². The lowest BCUT2D eigenvalue weighted by Crippen LogP contribution is -2.19. The second-order valence-corrected chi connectivity index (χ2v) is 5.95. The van der Waals surface area contributed by atoms with Gasteiger partial charge in [-0.05, 0) is 49.3 Å². The molecule has 1 nitrogen and oxygen atoms in total. The average Bonchev–Trinajstić information content (AvgIpc) is 2.41. The first-order valence-electron chi connectivity index (χ1n) is 6.57. The Morgan fingerprint density at radius 3 is 2.82 bits per heavy atom. The number of halogens is 1. The predicted octanol–water partition coefficient (Wildman–Crippen LogP) is 4.60. The molecule has 1 unspecified atom stereocenters. The van der Waals surface area contributed by atoms with E-state index in [4.69, 9.17) is 0 Å². The summed E-state index contributed by atoms with van der Waals surface area (Å²) in [7, 11) is 0. The molecule has 0 saturated heterocycles. The van der Waals surface area contributed by atoms with Gasteiger partial charge in [0.25, 0.3) is 0 Å². The molecule has 0 aliphatic heterocycles. The van der Waals surface area contributed by atoms with Crippen molar-refractivity contribution >= 4 is 5.69 Å². The van der Waals surface area contributed by atoms with Gasteiger partial charge in [0.15, 0.2) is 0 Å². The van der Waals surface area contributed by atoms with Gasteiger partial charge in [0.1, 0.15) is 5.82 Å². The standard InChI is InChI=1S/C15H22FN/c1-15(2)9-4-7-13(8-10-15)17-14-6-3-5-12(16)11-14/h3,5-6,11,13,17H,4,7-10H2,1-2H3. The van der Waals surface area contributed by atoms with E-state index in [-0.39, 0.29) is 5.82 Å². The minimum atomic E-state index is -0.163. The number of rotatable bonds is 2. The van der Waals surface area contributed by atoms with Crippen molar-refractivity contribution in [2.75, 3.05) is 5.32 Å². The van der Waals surface area contributed by atoms with Crippen LogP contribution < -0.4 is 5.32 Å². The highest BCUT2D eigenvalue weighted by Gasteiger charge is 2.24. The van der Waals surface area contributed by atoms with Crippen LogP contribution in [0.3, 0.4) is 0 Å². The first-order chi connectivity index (χ1) is 8.05. The summed E-state index contributed by atoms with van der Waals surface area (Å²) in [5.41, 5.74) is 1.38. The lowest BCUT2D eigenvalue weighted by molar-refractivity contribution is 0.313. The Balaban J connectivity index is 1.95. The van der Waals surface area contributed by atoms with Crippen LogP contribution in [0.1, 0.15) is 46.0 Å². The van der Waals surface area contributed by atoms with E-state index in [1.807, 2.05) is 6.07 Å². The molecule has 2 rings (SSSR count). The van der Waals surface area contributed by atoms with Crippen molar-refractivity contribution < 1.29 is 4.39 Å². The van der Waals surface area contributed by atoms with Crippen molar-refractivity contribution in [1.82, 2.24) is 0 Å². The minimum Gasteiger partial charge on any atom is -0.382 e. The molecule has 1 atom stereocenters. The van der Waals surface area contributed by atoms with E-state index >= 15 is 0 Å². The van der Waals surface area contributed by atoms with Gasteiger partial charge in [0.2, 0.25) is 0 Å². The maximum Gasteiger partial charge on any atom is 0.125 e. The highest BCUT2D eigenvalue weighted by atomic mass is 19.1. The summed E-state index contributed by atoms with van der Waals surface area (Å²) >= 11 is 0. The molecule has 1 fully saturated rings. The Bertz CT molecular complexity index is 373. The number of anilines is 1. The third-order valence-corrected chi connectivity index (χ3v) is 3.77. The van der Waals surface area contributed by atoms with Gasteiger partial charge in [0, 0.05) is 11.7 Å². The van der Waals surface area contributed by atoms with Gasteiger partial charge >= 0.3 is 0 Å². The molecule has 17 heavy (non-hydrogen) atoms. The van der Waals surface area contributed by atoms with Gasteiger partial charge in [-0.3, -0.25) is 0 Å². The quantitative estimate of drug-likeness (QED) is 0.739. The largest absolute Gasteiger partial charge is 0.382 e. The number of hydrogen-bond acceptors (Lipinski definition) is 1. The van der Waals surface area contributed by atoms with Gasteiger partial charge in [-0.25, -0.2) is 4.39 Å². The first kappa shape index (κ1) is 12.4. The third-order valence-electron chi connectivity index (χ3n) is 3.77. The van der Waals surface area contributed by atoms with Crippen molar-refractivity contribution in [1.29, 1.82) is 0 Å². The lowest BCUT2D eigenvalue weighted by atomic mass is 9.85. The molecule has 1 aliphatic rings. The lowest BCUT2D eigenvalue weighted by Gasteiger charge is -2.22. The SMILES string of the molecule is CC1(C)CCCC(Nc2cccc(F)c2)CC1. The van der Waals surface area contributed by atoms with E-state index in [0.29, 0.717) is 11.5 Å². The highest BCUT2D eigenvalue weighted by Crippen LogP contribution is 2.34. The van der Waals surface area contributed by atoms with E-state index in [1.54, 1.807) is 12.1 Å². The fourth-order valence-corrected chi connectivity index (χ4v) is 2.62. The summed E-state index contributed by atoms with van der Waals surface area (Å²) in [6.45, 7) is 4.69. The molecule has 94 valence electrons. The van der Waals surface area contributed by atoms with E-state index in [0.717, 1.165) is 5.69 Å². The molecule has 1 aliphatic carbocycles. The molecule has 0 spiro atoms. The van der Waals surface area contributed by atoms with Crippen LogP contribution >= 0.6 is 0 Å². The molecule has 2 heteroatoms. The van der Waals surface area contributed by atoms with Crippen LogP contribution in [0.25, 0.3) is 0 Å². The number of nitrogens with one attached hydrogen (secondary N) is 1. The summed E-state index contributed by atoms with van der Waals surface area (Å²) in [5, 5.41) is 3.46. The zero-order valence-corrected chi connectivity index (χ0v) is 10.8.